The predicted molar refractivity (Wildman–Crippen MR) is 70.5 cm³/mol. The van der Waals surface area contributed by atoms with E-state index in [-0.39, 0.29) is 51.8 Å². The summed E-state index contributed by atoms with van der Waals surface area (Å²) in [5.74, 6) is 1.26. The van der Waals surface area contributed by atoms with E-state index in [1.807, 2.05) is 0 Å². The number of carbonyl (C=O) groups excluding carboxylic acids is 2. The van der Waals surface area contributed by atoms with E-state index in [1.165, 1.54) is 0 Å². The van der Waals surface area contributed by atoms with Gasteiger partial charge in [-0.3, -0.25) is 0 Å². The monoisotopic (exact) mass is 328 g/mol. The zero-order valence-electron chi connectivity index (χ0n) is 12.2. The topological polar surface area (TPSA) is 103 Å². The van der Waals surface area contributed by atoms with Crippen molar-refractivity contribution in [1.82, 2.24) is 0 Å². The second-order valence-electron chi connectivity index (χ2n) is 5.00. The number of rotatable bonds is 8. The van der Waals surface area contributed by atoms with Gasteiger partial charge in [0.25, 0.3) is 0 Å². The van der Waals surface area contributed by atoms with Crippen LogP contribution in [0.5, 0.6) is 0 Å². The standard InChI is InChI=1S/C14H16O9/c15-13-19-7-11(22-13)5-17-3-9-1-2-10(21-9)4-18-6-12-8-20-14(16)23-12/h1-2,11-12H,3-8H2. The minimum Gasteiger partial charge on any atom is -0.461 e. The van der Waals surface area contributed by atoms with E-state index in [4.69, 9.17) is 23.4 Å². The van der Waals surface area contributed by atoms with Crippen LogP contribution in [0, 0.1) is 0 Å². The molecule has 0 spiro atoms. The van der Waals surface area contributed by atoms with Crippen molar-refractivity contribution in [1.29, 1.82) is 0 Å². The Morgan fingerprint density at radius 3 is 1.74 bits per heavy atom. The highest BCUT2D eigenvalue weighted by Crippen LogP contribution is 2.13. The molecule has 0 bridgehead atoms. The van der Waals surface area contributed by atoms with Gasteiger partial charge < -0.3 is 32.8 Å². The lowest BCUT2D eigenvalue weighted by molar-refractivity contribution is 0.0237. The Morgan fingerprint density at radius 2 is 1.35 bits per heavy atom. The fourth-order valence-electron chi connectivity index (χ4n) is 2.05. The van der Waals surface area contributed by atoms with Crippen molar-refractivity contribution in [3.8, 4) is 0 Å². The lowest BCUT2D eigenvalue weighted by Gasteiger charge is -2.07. The zero-order chi connectivity index (χ0) is 16.1. The van der Waals surface area contributed by atoms with Crippen molar-refractivity contribution in [3.05, 3.63) is 23.7 Å². The molecule has 0 N–H and O–H groups in total. The minimum absolute atomic E-state index is 0.200. The van der Waals surface area contributed by atoms with Gasteiger partial charge in [-0.25, -0.2) is 9.59 Å². The molecule has 0 aromatic carbocycles. The Kier molecular flexibility index (Phi) is 4.99. The SMILES string of the molecule is O=C1OCC(COCc2ccc(COCC3COC(=O)O3)o2)O1. The molecule has 1 aromatic rings. The molecule has 2 atom stereocenters. The molecule has 3 heterocycles. The first kappa shape index (κ1) is 15.6. The molecule has 2 saturated heterocycles. The lowest BCUT2D eigenvalue weighted by atomic mass is 10.4. The van der Waals surface area contributed by atoms with Crippen LogP contribution in [0.3, 0.4) is 0 Å². The maximum absolute atomic E-state index is 10.7. The molecule has 126 valence electrons. The first-order chi connectivity index (χ1) is 11.2. The Balaban J connectivity index is 1.31. The van der Waals surface area contributed by atoms with Gasteiger partial charge in [0.2, 0.25) is 0 Å². The molecular formula is C14H16O9. The van der Waals surface area contributed by atoms with Crippen LogP contribution in [-0.4, -0.2) is 50.9 Å². The molecule has 3 rings (SSSR count). The second kappa shape index (κ2) is 7.34. The van der Waals surface area contributed by atoms with Crippen molar-refractivity contribution in [3.63, 3.8) is 0 Å². The van der Waals surface area contributed by atoms with Gasteiger partial charge in [-0.15, -0.1) is 0 Å². The molecule has 0 saturated carbocycles. The lowest BCUT2D eigenvalue weighted by Crippen LogP contribution is -2.17. The highest BCUT2D eigenvalue weighted by Gasteiger charge is 2.26. The molecule has 0 aliphatic carbocycles. The van der Waals surface area contributed by atoms with E-state index < -0.39 is 12.3 Å². The van der Waals surface area contributed by atoms with Gasteiger partial charge in [-0.2, -0.15) is 0 Å². The number of cyclic esters (lactones) is 4. The van der Waals surface area contributed by atoms with Crippen molar-refractivity contribution >= 4 is 12.3 Å². The van der Waals surface area contributed by atoms with E-state index in [0.29, 0.717) is 11.5 Å². The third kappa shape index (κ3) is 4.60. The van der Waals surface area contributed by atoms with Gasteiger partial charge >= 0.3 is 12.3 Å². The van der Waals surface area contributed by atoms with Gasteiger partial charge in [0, 0.05) is 0 Å². The van der Waals surface area contributed by atoms with E-state index in [0.717, 1.165) is 0 Å². The molecule has 2 aliphatic heterocycles. The number of hydrogen-bond donors (Lipinski definition) is 0. The average molecular weight is 328 g/mol. The Bertz CT molecular complexity index is 506. The summed E-state index contributed by atoms with van der Waals surface area (Å²) in [6.07, 6.45) is -2.10. The molecule has 9 heteroatoms. The van der Waals surface area contributed by atoms with Crippen LogP contribution in [0.25, 0.3) is 0 Å². The molecular weight excluding hydrogens is 312 g/mol. The van der Waals surface area contributed by atoms with Crippen molar-refractivity contribution in [2.75, 3.05) is 26.4 Å². The molecule has 2 fully saturated rings. The van der Waals surface area contributed by atoms with Crippen LogP contribution < -0.4 is 0 Å². The van der Waals surface area contributed by atoms with E-state index in [1.54, 1.807) is 12.1 Å². The Morgan fingerprint density at radius 1 is 0.870 bits per heavy atom. The van der Waals surface area contributed by atoms with E-state index >= 15 is 0 Å². The van der Waals surface area contributed by atoms with Crippen molar-refractivity contribution in [2.24, 2.45) is 0 Å². The highest BCUT2D eigenvalue weighted by atomic mass is 16.8. The first-order valence-electron chi connectivity index (χ1n) is 7.09. The third-order valence-corrected chi connectivity index (χ3v) is 3.11. The second-order valence-corrected chi connectivity index (χ2v) is 5.00. The number of hydrogen-bond acceptors (Lipinski definition) is 9. The molecule has 0 radical (unpaired) electrons. The molecule has 9 nitrogen and oxygen atoms in total. The largest absolute Gasteiger partial charge is 0.508 e. The van der Waals surface area contributed by atoms with Crippen LogP contribution in [0.2, 0.25) is 0 Å². The van der Waals surface area contributed by atoms with Gasteiger partial charge in [0.1, 0.15) is 37.9 Å². The van der Waals surface area contributed by atoms with Crippen LogP contribution >= 0.6 is 0 Å². The predicted octanol–water partition coefficient (Wildman–Crippen LogP) is 1.38. The van der Waals surface area contributed by atoms with Gasteiger partial charge in [-0.05, 0) is 12.1 Å². The fourth-order valence-corrected chi connectivity index (χ4v) is 2.05. The minimum atomic E-state index is -0.672. The molecule has 23 heavy (non-hydrogen) atoms. The molecule has 2 aliphatic rings. The molecule has 1 aromatic heterocycles. The Hall–Kier alpha value is -2.26. The van der Waals surface area contributed by atoms with Crippen LogP contribution in [0.4, 0.5) is 9.59 Å². The summed E-state index contributed by atoms with van der Waals surface area (Å²) < 4.78 is 35.3. The summed E-state index contributed by atoms with van der Waals surface area (Å²) in [5, 5.41) is 0. The maximum atomic E-state index is 10.7. The molecule has 0 amide bonds. The summed E-state index contributed by atoms with van der Waals surface area (Å²) in [6.45, 7) is 1.39. The van der Waals surface area contributed by atoms with E-state index in [2.05, 4.69) is 9.47 Å². The molecule has 2 unspecified atom stereocenters. The summed E-state index contributed by atoms with van der Waals surface area (Å²) in [4.78, 5) is 21.5. The van der Waals surface area contributed by atoms with E-state index in [9.17, 15) is 9.59 Å². The first-order valence-corrected chi connectivity index (χ1v) is 7.09. The maximum Gasteiger partial charge on any atom is 0.508 e. The van der Waals surface area contributed by atoms with Gasteiger partial charge in [0.15, 0.2) is 12.2 Å². The normalized spacial score (nSPS) is 23.3. The summed E-state index contributed by atoms with van der Waals surface area (Å²) in [6, 6.07) is 3.54. The Labute approximate surface area is 131 Å². The highest BCUT2D eigenvalue weighted by molar-refractivity contribution is 5.62. The number of ether oxygens (including phenoxy) is 6. The summed E-state index contributed by atoms with van der Waals surface area (Å²) >= 11 is 0. The number of furan rings is 1. The summed E-state index contributed by atoms with van der Waals surface area (Å²) in [7, 11) is 0. The smallest absolute Gasteiger partial charge is 0.461 e. The zero-order valence-corrected chi connectivity index (χ0v) is 12.2. The van der Waals surface area contributed by atoms with Gasteiger partial charge in [-0.1, -0.05) is 0 Å². The average Bonchev–Trinajstić information content (AvgIpc) is 3.23. The fraction of sp³-hybridized carbons (Fsp3) is 0.571. The third-order valence-electron chi connectivity index (χ3n) is 3.11. The number of carbonyl (C=O) groups is 2. The van der Waals surface area contributed by atoms with Crippen molar-refractivity contribution < 1.29 is 42.4 Å². The van der Waals surface area contributed by atoms with Crippen molar-refractivity contribution in [2.45, 2.75) is 25.4 Å². The summed E-state index contributed by atoms with van der Waals surface area (Å²) in [5.41, 5.74) is 0. The van der Waals surface area contributed by atoms with Crippen LogP contribution in [0.1, 0.15) is 11.5 Å². The van der Waals surface area contributed by atoms with Crippen LogP contribution in [-0.2, 0) is 41.6 Å². The quantitative estimate of drug-likeness (QED) is 0.655. The van der Waals surface area contributed by atoms with Gasteiger partial charge in [0.05, 0.1) is 13.2 Å². The van der Waals surface area contributed by atoms with Crippen LogP contribution in [0.15, 0.2) is 16.5 Å².